The van der Waals surface area contributed by atoms with E-state index in [2.05, 4.69) is 4.89 Å². The fraction of sp³-hybridized carbons (Fsp3) is 0.667. The van der Waals surface area contributed by atoms with Gasteiger partial charge in [-0.2, -0.15) is 5.26 Å². The second-order valence-electron chi connectivity index (χ2n) is 1.09. The maximum absolute atomic E-state index is 9.79. The van der Waals surface area contributed by atoms with Crippen LogP contribution in [-0.4, -0.2) is 22.4 Å². The molecule has 1 atom stereocenters. The second kappa shape index (κ2) is 2.54. The van der Waals surface area contributed by atoms with Gasteiger partial charge >= 0.3 is 5.97 Å². The van der Waals surface area contributed by atoms with Crippen molar-refractivity contribution < 1.29 is 20.0 Å². The maximum Gasteiger partial charge on any atom is 0.369 e. The fourth-order valence-electron chi connectivity index (χ4n) is 0.0763. The average molecular weight is 106 g/mol. The van der Waals surface area contributed by atoms with Gasteiger partial charge in [0, 0.05) is 0 Å². The number of carbonyl (C=O) groups excluding carboxylic acids is 1. The Morgan fingerprint density at radius 1 is 1.86 bits per heavy atom. The first-order chi connectivity index (χ1) is 3.18. The second-order valence-corrected chi connectivity index (χ2v) is 1.09. The number of aliphatic hydroxyl groups is 1. The molecule has 0 aromatic carbocycles. The molecule has 0 unspecified atom stereocenters. The highest BCUT2D eigenvalue weighted by molar-refractivity contribution is 5.72. The van der Waals surface area contributed by atoms with Gasteiger partial charge < -0.3 is 5.11 Å². The molecule has 0 aromatic heterocycles. The molecule has 0 aromatic rings. The van der Waals surface area contributed by atoms with Crippen LogP contribution < -0.4 is 0 Å². The Bertz CT molecular complexity index is 67.3. The molecule has 0 rings (SSSR count). The Hall–Kier alpha value is -0.610. The van der Waals surface area contributed by atoms with Crippen molar-refractivity contribution in [3.8, 4) is 0 Å². The van der Waals surface area contributed by atoms with E-state index in [0.717, 1.165) is 0 Å². The van der Waals surface area contributed by atoms with Crippen LogP contribution in [0.25, 0.3) is 0 Å². The minimum absolute atomic E-state index is 1.04. The Kier molecular flexibility index (Phi) is 2.32. The van der Waals surface area contributed by atoms with Gasteiger partial charge in [0.25, 0.3) is 0 Å². The van der Waals surface area contributed by atoms with Gasteiger partial charge in [-0.1, -0.05) is 0 Å². The summed E-state index contributed by atoms with van der Waals surface area (Å²) in [6.45, 7) is 1.19. The highest BCUT2D eigenvalue weighted by Gasteiger charge is 2.07. The van der Waals surface area contributed by atoms with Crippen molar-refractivity contribution in [1.29, 1.82) is 0 Å². The number of hydrogen-bond acceptors (Lipinski definition) is 4. The smallest absolute Gasteiger partial charge is 0.369 e. The summed E-state index contributed by atoms with van der Waals surface area (Å²) < 4.78 is 0. The van der Waals surface area contributed by atoms with Crippen molar-refractivity contribution in [2.75, 3.05) is 0 Å². The Balaban J connectivity index is 3.35. The molecule has 0 heterocycles. The van der Waals surface area contributed by atoms with Gasteiger partial charge in [-0.3, -0.25) is 4.89 Å². The predicted octanol–water partition coefficient (Wildman–Crippen LogP) is -0.617. The van der Waals surface area contributed by atoms with Crippen LogP contribution in [0.1, 0.15) is 6.92 Å². The van der Waals surface area contributed by atoms with Crippen molar-refractivity contribution in [3.05, 3.63) is 0 Å². The number of carbonyl (C=O) groups is 1. The lowest BCUT2D eigenvalue weighted by atomic mass is 10.4. The van der Waals surface area contributed by atoms with E-state index in [-0.39, 0.29) is 0 Å². The van der Waals surface area contributed by atoms with Gasteiger partial charge in [-0.05, 0) is 6.92 Å². The first-order valence-corrected chi connectivity index (χ1v) is 1.72. The van der Waals surface area contributed by atoms with Gasteiger partial charge in [0.05, 0.1) is 0 Å². The minimum Gasteiger partial charge on any atom is -0.382 e. The Morgan fingerprint density at radius 2 is 2.29 bits per heavy atom. The molecular weight excluding hydrogens is 100 g/mol. The molecular formula is C3H6O4. The minimum atomic E-state index is -1.25. The molecule has 0 amide bonds. The SMILES string of the molecule is C[C@H](O)C(=O)OO. The van der Waals surface area contributed by atoms with Crippen LogP contribution in [0.3, 0.4) is 0 Å². The van der Waals surface area contributed by atoms with Gasteiger partial charge in [0.2, 0.25) is 0 Å². The summed E-state index contributed by atoms with van der Waals surface area (Å²) in [7, 11) is 0. The molecule has 0 fully saturated rings. The quantitative estimate of drug-likeness (QED) is 0.345. The van der Waals surface area contributed by atoms with E-state index in [1.807, 2.05) is 0 Å². The first kappa shape index (κ1) is 6.39. The highest BCUT2D eigenvalue weighted by Crippen LogP contribution is 1.80. The van der Waals surface area contributed by atoms with Crippen LogP contribution in [0.2, 0.25) is 0 Å². The zero-order valence-electron chi connectivity index (χ0n) is 3.79. The van der Waals surface area contributed by atoms with E-state index in [1.165, 1.54) is 6.92 Å². The summed E-state index contributed by atoms with van der Waals surface area (Å²) in [6, 6.07) is 0. The van der Waals surface area contributed by atoms with Crippen molar-refractivity contribution in [2.24, 2.45) is 0 Å². The third-order valence-electron chi connectivity index (χ3n) is 0.431. The molecule has 0 aliphatic carbocycles. The van der Waals surface area contributed by atoms with Crippen LogP contribution in [0.4, 0.5) is 0 Å². The molecule has 4 heteroatoms. The summed E-state index contributed by atoms with van der Waals surface area (Å²) in [5.74, 6) is -1.04. The summed E-state index contributed by atoms with van der Waals surface area (Å²) in [5.41, 5.74) is 0. The zero-order valence-corrected chi connectivity index (χ0v) is 3.79. The van der Waals surface area contributed by atoms with Gasteiger partial charge in [-0.25, -0.2) is 4.79 Å². The monoisotopic (exact) mass is 106 g/mol. The molecule has 0 saturated heterocycles. The van der Waals surface area contributed by atoms with E-state index in [1.54, 1.807) is 0 Å². The zero-order chi connectivity index (χ0) is 5.86. The predicted molar refractivity (Wildman–Crippen MR) is 20.4 cm³/mol. The van der Waals surface area contributed by atoms with Crippen LogP contribution in [0, 0.1) is 0 Å². The summed E-state index contributed by atoms with van der Waals surface area (Å²) in [6.07, 6.45) is -1.25. The Labute approximate surface area is 40.3 Å². The summed E-state index contributed by atoms with van der Waals surface area (Å²) in [4.78, 5) is 12.9. The molecule has 0 aliphatic rings. The number of rotatable bonds is 1. The van der Waals surface area contributed by atoms with Crippen LogP contribution >= 0.6 is 0 Å². The van der Waals surface area contributed by atoms with Crippen molar-refractivity contribution in [2.45, 2.75) is 13.0 Å². The van der Waals surface area contributed by atoms with Crippen molar-refractivity contribution in [1.82, 2.24) is 0 Å². The van der Waals surface area contributed by atoms with Gasteiger partial charge in [0.15, 0.2) is 6.10 Å². The normalized spacial score (nSPS) is 13.0. The molecule has 0 radical (unpaired) electrons. The molecule has 0 saturated carbocycles. The molecule has 4 nitrogen and oxygen atoms in total. The third kappa shape index (κ3) is 2.13. The van der Waals surface area contributed by atoms with Gasteiger partial charge in [-0.15, -0.1) is 0 Å². The maximum atomic E-state index is 9.79. The fourth-order valence-corrected chi connectivity index (χ4v) is 0.0763. The molecule has 2 N–H and O–H groups in total. The molecule has 0 aliphatic heterocycles. The molecule has 0 bridgehead atoms. The van der Waals surface area contributed by atoms with Crippen LogP contribution in [-0.2, 0) is 9.68 Å². The van der Waals surface area contributed by atoms with E-state index < -0.39 is 12.1 Å². The highest BCUT2D eigenvalue weighted by atomic mass is 17.1. The third-order valence-corrected chi connectivity index (χ3v) is 0.431. The van der Waals surface area contributed by atoms with E-state index >= 15 is 0 Å². The van der Waals surface area contributed by atoms with Gasteiger partial charge in [0.1, 0.15) is 0 Å². The largest absolute Gasteiger partial charge is 0.382 e. The van der Waals surface area contributed by atoms with E-state index in [9.17, 15) is 4.79 Å². The summed E-state index contributed by atoms with van der Waals surface area (Å²) >= 11 is 0. The van der Waals surface area contributed by atoms with Crippen LogP contribution in [0.5, 0.6) is 0 Å². The lowest BCUT2D eigenvalue weighted by Gasteiger charge is -1.94. The number of hydrogen-bond donors (Lipinski definition) is 2. The average Bonchev–Trinajstić information content (AvgIpc) is 1.65. The molecule has 0 spiro atoms. The van der Waals surface area contributed by atoms with Crippen molar-refractivity contribution in [3.63, 3.8) is 0 Å². The first-order valence-electron chi connectivity index (χ1n) is 1.72. The van der Waals surface area contributed by atoms with Crippen LogP contribution in [0.15, 0.2) is 0 Å². The molecule has 42 valence electrons. The van der Waals surface area contributed by atoms with E-state index in [0.29, 0.717) is 0 Å². The molecule has 7 heavy (non-hydrogen) atoms. The number of aliphatic hydroxyl groups excluding tert-OH is 1. The van der Waals surface area contributed by atoms with E-state index in [4.69, 9.17) is 10.4 Å². The Morgan fingerprint density at radius 3 is 2.29 bits per heavy atom. The standard InChI is InChI=1S/C3H6O4/c1-2(4)3(5)7-6/h2,4,6H,1H3/t2-/m0/s1. The topological polar surface area (TPSA) is 66.8 Å². The van der Waals surface area contributed by atoms with Crippen molar-refractivity contribution >= 4 is 5.97 Å². The summed E-state index contributed by atoms with van der Waals surface area (Å²) in [5, 5.41) is 15.7. The lowest BCUT2D eigenvalue weighted by Crippen LogP contribution is -2.17. The lowest BCUT2D eigenvalue weighted by molar-refractivity contribution is -0.241.